The second-order valence-corrected chi connectivity index (χ2v) is 4.90. The summed E-state index contributed by atoms with van der Waals surface area (Å²) in [5.41, 5.74) is 4.26. The highest BCUT2D eigenvalue weighted by Crippen LogP contribution is 2.25. The first-order valence-electron chi connectivity index (χ1n) is 7.08. The topological polar surface area (TPSA) is 83.6 Å². The van der Waals surface area contributed by atoms with Crippen molar-refractivity contribution >= 4 is 47.3 Å². The first kappa shape index (κ1) is 16.9. The van der Waals surface area contributed by atoms with Crippen molar-refractivity contribution in [2.75, 3.05) is 0 Å². The molecule has 0 aliphatic heterocycles. The molecule has 0 aliphatic carbocycles. The van der Waals surface area contributed by atoms with Crippen molar-refractivity contribution in [2.45, 2.75) is 13.8 Å². The lowest BCUT2D eigenvalue weighted by molar-refractivity contribution is 0.564. The molecule has 0 N–H and O–H groups in total. The average Bonchev–Trinajstić information content (AvgIpc) is 2.57. The van der Waals surface area contributed by atoms with Crippen molar-refractivity contribution in [3.05, 3.63) is 47.5 Å². The van der Waals surface area contributed by atoms with Crippen LogP contribution in [0.3, 0.4) is 0 Å². The summed E-state index contributed by atoms with van der Waals surface area (Å²) in [6.07, 6.45) is 6.10. The van der Waals surface area contributed by atoms with Crippen molar-refractivity contribution in [1.82, 2.24) is 0 Å². The number of rotatable bonds is 5. The van der Waals surface area contributed by atoms with E-state index in [-0.39, 0.29) is 0 Å². The second kappa shape index (κ2) is 8.25. The Morgan fingerprint density at radius 3 is 1.54 bits per heavy atom. The van der Waals surface area contributed by atoms with Gasteiger partial charge in [-0.3, -0.25) is 9.98 Å². The van der Waals surface area contributed by atoms with E-state index in [4.69, 9.17) is 0 Å². The van der Waals surface area contributed by atoms with Crippen LogP contribution in [0.1, 0.15) is 11.1 Å². The first-order chi connectivity index (χ1) is 11.6. The Morgan fingerprint density at radius 2 is 1.17 bits per heavy atom. The minimum atomic E-state index is 0.495. The molecule has 0 radical (unpaired) electrons. The molecule has 2 rings (SSSR count). The molecule has 0 unspecified atom stereocenters. The standard InChI is InChI=1S/C18H14N4O2/c1-13-3-5-15(21-11-23)9-17(13)19-7-8-20-18-10-16(22-12-24)6-4-14(18)2/h3-10H,1-2H3. The van der Waals surface area contributed by atoms with Crippen molar-refractivity contribution in [1.29, 1.82) is 0 Å². The number of hydrogen-bond acceptors (Lipinski definition) is 6. The smallest absolute Gasteiger partial charge is 0.240 e. The Balaban J connectivity index is 2.21. The third-order valence-electron chi connectivity index (χ3n) is 3.23. The maximum atomic E-state index is 10.3. The Bertz CT molecular complexity index is 828. The molecular formula is C18H14N4O2. The number of carbonyl (C=O) groups excluding carboxylic acids is 2. The van der Waals surface area contributed by atoms with Crippen LogP contribution in [0.5, 0.6) is 0 Å². The van der Waals surface area contributed by atoms with Crippen LogP contribution < -0.4 is 0 Å². The number of hydrogen-bond donors (Lipinski definition) is 0. The minimum absolute atomic E-state index is 0.495. The van der Waals surface area contributed by atoms with E-state index < -0.39 is 0 Å². The monoisotopic (exact) mass is 318 g/mol. The lowest BCUT2D eigenvalue weighted by atomic mass is 10.2. The molecule has 2 aromatic rings. The van der Waals surface area contributed by atoms with Crippen molar-refractivity contribution in [3.8, 4) is 0 Å². The Kier molecular flexibility index (Phi) is 5.81. The lowest BCUT2D eigenvalue weighted by Gasteiger charge is -2.00. The van der Waals surface area contributed by atoms with Gasteiger partial charge in [0.25, 0.3) is 0 Å². The fourth-order valence-electron chi connectivity index (χ4n) is 1.95. The van der Waals surface area contributed by atoms with Gasteiger partial charge in [0.05, 0.1) is 22.7 Å². The third kappa shape index (κ3) is 4.52. The van der Waals surface area contributed by atoms with Crippen LogP contribution in [0, 0.1) is 13.8 Å². The quantitative estimate of drug-likeness (QED) is 0.606. The lowest BCUT2D eigenvalue weighted by Crippen LogP contribution is -1.80. The molecule has 0 amide bonds. The Morgan fingerprint density at radius 1 is 0.750 bits per heavy atom. The normalized spacial score (nSPS) is 10.6. The van der Waals surface area contributed by atoms with E-state index in [0.29, 0.717) is 22.7 Å². The summed E-state index contributed by atoms with van der Waals surface area (Å²) >= 11 is 0. The zero-order valence-electron chi connectivity index (χ0n) is 13.2. The fourth-order valence-corrected chi connectivity index (χ4v) is 1.95. The Hall–Kier alpha value is -3.46. The van der Waals surface area contributed by atoms with Gasteiger partial charge in [0.2, 0.25) is 12.2 Å². The van der Waals surface area contributed by atoms with Gasteiger partial charge >= 0.3 is 0 Å². The molecule has 0 saturated carbocycles. The van der Waals surface area contributed by atoms with Gasteiger partial charge in [0.15, 0.2) is 0 Å². The van der Waals surface area contributed by atoms with Crippen LogP contribution in [0.2, 0.25) is 0 Å². The number of benzene rings is 2. The molecule has 0 fully saturated rings. The molecule has 6 nitrogen and oxygen atoms in total. The molecule has 0 saturated heterocycles. The first-order valence-corrected chi connectivity index (χ1v) is 7.08. The zero-order valence-corrected chi connectivity index (χ0v) is 13.2. The molecule has 0 bridgehead atoms. The van der Waals surface area contributed by atoms with E-state index in [9.17, 15) is 9.59 Å². The molecule has 6 heteroatoms. The zero-order chi connectivity index (χ0) is 17.4. The summed E-state index contributed by atoms with van der Waals surface area (Å²) in [6, 6.07) is 10.5. The summed E-state index contributed by atoms with van der Waals surface area (Å²) in [7, 11) is 0. The fraction of sp³-hybridized carbons (Fsp3) is 0.111. The molecule has 0 spiro atoms. The molecule has 0 atom stereocenters. The molecule has 0 aliphatic rings. The van der Waals surface area contributed by atoms with Crippen molar-refractivity contribution in [3.63, 3.8) is 0 Å². The predicted molar refractivity (Wildman–Crippen MR) is 94.2 cm³/mol. The van der Waals surface area contributed by atoms with Gasteiger partial charge < -0.3 is 0 Å². The SMILES string of the molecule is Cc1ccc(N=C=O)cc1N=CC=Nc1cc(N=C=O)ccc1C. The second-order valence-electron chi connectivity index (χ2n) is 4.90. The number of isocyanates is 2. The van der Waals surface area contributed by atoms with Gasteiger partial charge in [-0.1, -0.05) is 12.1 Å². The summed E-state index contributed by atoms with van der Waals surface area (Å²) in [4.78, 5) is 36.4. The molecule has 0 heterocycles. The summed E-state index contributed by atoms with van der Waals surface area (Å²) in [6.45, 7) is 3.81. The van der Waals surface area contributed by atoms with Crippen LogP contribution in [-0.4, -0.2) is 24.6 Å². The number of nitrogens with zero attached hydrogens (tertiary/aromatic N) is 4. The average molecular weight is 318 g/mol. The number of aryl methyl sites for hydroxylation is 2. The highest BCUT2D eigenvalue weighted by molar-refractivity contribution is 6.17. The van der Waals surface area contributed by atoms with Crippen molar-refractivity contribution < 1.29 is 9.59 Å². The van der Waals surface area contributed by atoms with Crippen LogP contribution in [0.15, 0.2) is 56.4 Å². The molecule has 24 heavy (non-hydrogen) atoms. The van der Waals surface area contributed by atoms with E-state index in [1.807, 2.05) is 26.0 Å². The van der Waals surface area contributed by atoms with Crippen LogP contribution >= 0.6 is 0 Å². The molecule has 2 aromatic carbocycles. The van der Waals surface area contributed by atoms with Gasteiger partial charge in [-0.2, -0.15) is 9.98 Å². The number of aliphatic imine (C=N–C) groups is 4. The van der Waals surface area contributed by atoms with Crippen LogP contribution in [0.4, 0.5) is 22.7 Å². The largest absolute Gasteiger partial charge is 0.255 e. The van der Waals surface area contributed by atoms with Gasteiger partial charge in [-0.25, -0.2) is 9.59 Å². The van der Waals surface area contributed by atoms with E-state index >= 15 is 0 Å². The summed E-state index contributed by atoms with van der Waals surface area (Å²) in [5, 5.41) is 0. The predicted octanol–water partition coefficient (Wildman–Crippen LogP) is 4.34. The van der Waals surface area contributed by atoms with Gasteiger partial charge in [0, 0.05) is 12.4 Å². The van der Waals surface area contributed by atoms with Crippen LogP contribution in [0.25, 0.3) is 0 Å². The third-order valence-corrected chi connectivity index (χ3v) is 3.23. The van der Waals surface area contributed by atoms with Gasteiger partial charge in [-0.05, 0) is 49.2 Å². The van der Waals surface area contributed by atoms with Gasteiger partial charge in [-0.15, -0.1) is 0 Å². The van der Waals surface area contributed by atoms with E-state index in [0.717, 1.165) is 11.1 Å². The van der Waals surface area contributed by atoms with E-state index in [2.05, 4.69) is 20.0 Å². The van der Waals surface area contributed by atoms with Crippen LogP contribution in [-0.2, 0) is 9.59 Å². The Labute approximate surface area is 139 Å². The molecule has 118 valence electrons. The maximum Gasteiger partial charge on any atom is 0.240 e. The van der Waals surface area contributed by atoms with E-state index in [1.54, 1.807) is 36.7 Å². The summed E-state index contributed by atoms with van der Waals surface area (Å²) < 4.78 is 0. The van der Waals surface area contributed by atoms with E-state index in [1.165, 1.54) is 12.2 Å². The minimum Gasteiger partial charge on any atom is -0.255 e. The molecular weight excluding hydrogens is 304 g/mol. The maximum absolute atomic E-state index is 10.3. The van der Waals surface area contributed by atoms with Crippen molar-refractivity contribution in [2.24, 2.45) is 20.0 Å². The highest BCUT2D eigenvalue weighted by atomic mass is 16.1. The highest BCUT2D eigenvalue weighted by Gasteiger charge is 1.98. The summed E-state index contributed by atoms with van der Waals surface area (Å²) in [5.74, 6) is 0. The van der Waals surface area contributed by atoms with Gasteiger partial charge in [0.1, 0.15) is 0 Å². The molecule has 0 aromatic heterocycles.